The first-order chi connectivity index (χ1) is 10.8. The number of carbonyl (C=O) groups is 3. The van der Waals surface area contributed by atoms with Gasteiger partial charge in [-0.25, -0.2) is 0 Å². The zero-order chi connectivity index (χ0) is 17.1. The smallest absolute Gasteiger partial charge is 0.326 e. The zero-order valence-electron chi connectivity index (χ0n) is 11.8. The summed E-state index contributed by atoms with van der Waals surface area (Å²) < 4.78 is 5.88. The Hall–Kier alpha value is -1.32. The van der Waals surface area contributed by atoms with E-state index in [1.807, 2.05) is 0 Å². The molecule has 1 heterocycles. The van der Waals surface area contributed by atoms with Crippen molar-refractivity contribution in [3.63, 3.8) is 0 Å². The number of ether oxygens (including phenoxy) is 1. The number of hydrogen-bond donors (Lipinski definition) is 1. The van der Waals surface area contributed by atoms with Gasteiger partial charge in [-0.1, -0.05) is 15.9 Å². The number of thioether (sulfide) groups is 1. The van der Waals surface area contributed by atoms with Gasteiger partial charge in [0.1, 0.15) is 12.3 Å². The number of imide groups is 1. The van der Waals surface area contributed by atoms with E-state index < -0.39 is 23.7 Å². The van der Waals surface area contributed by atoms with Gasteiger partial charge in [0.2, 0.25) is 0 Å². The molecule has 0 atom stereocenters. The number of phenols is 1. The molecule has 23 heavy (non-hydrogen) atoms. The van der Waals surface area contributed by atoms with Gasteiger partial charge >= 0.3 is 5.97 Å². The number of phenolic OH excluding ortho intramolecular Hbond substituents is 1. The van der Waals surface area contributed by atoms with Crippen LogP contribution in [0.25, 0.3) is 6.08 Å². The van der Waals surface area contributed by atoms with Crippen molar-refractivity contribution in [1.29, 1.82) is 0 Å². The maximum Gasteiger partial charge on any atom is 0.326 e. The van der Waals surface area contributed by atoms with Crippen LogP contribution in [0.15, 0.2) is 26.0 Å². The van der Waals surface area contributed by atoms with E-state index in [0.717, 1.165) is 4.90 Å². The van der Waals surface area contributed by atoms with Crippen LogP contribution in [0.1, 0.15) is 12.5 Å². The standard InChI is InChI=1S/C14H11Br2NO5S/c1-2-22-11(18)6-17-13(20)10(23-14(17)21)4-7-3-8(15)5-9(16)12(7)19/h3-5,19H,2,6H2,1H3/b10-4+. The number of nitrogens with zero attached hydrogens (tertiary/aromatic N) is 1. The van der Waals surface area contributed by atoms with Crippen LogP contribution in [0.5, 0.6) is 5.75 Å². The Morgan fingerprint density at radius 2 is 2.09 bits per heavy atom. The third kappa shape index (κ3) is 4.15. The summed E-state index contributed by atoms with van der Waals surface area (Å²) in [5, 5.41) is 9.46. The van der Waals surface area contributed by atoms with Gasteiger partial charge in [-0.2, -0.15) is 0 Å². The molecular weight excluding hydrogens is 454 g/mol. The van der Waals surface area contributed by atoms with Gasteiger partial charge in [0.15, 0.2) is 0 Å². The Kier molecular flexibility index (Phi) is 5.88. The van der Waals surface area contributed by atoms with Crippen LogP contribution in [0.3, 0.4) is 0 Å². The molecule has 2 rings (SSSR count). The molecule has 1 aromatic carbocycles. The Morgan fingerprint density at radius 3 is 2.74 bits per heavy atom. The summed E-state index contributed by atoms with van der Waals surface area (Å²) in [6.45, 7) is 1.38. The third-order valence-electron chi connectivity index (χ3n) is 2.81. The summed E-state index contributed by atoms with van der Waals surface area (Å²) in [6.07, 6.45) is 1.40. The van der Waals surface area contributed by atoms with Gasteiger partial charge in [0, 0.05) is 10.0 Å². The molecule has 0 saturated carbocycles. The summed E-state index contributed by atoms with van der Waals surface area (Å²) in [5.74, 6) is -1.29. The largest absolute Gasteiger partial charge is 0.506 e. The lowest BCUT2D eigenvalue weighted by Gasteiger charge is -2.10. The van der Waals surface area contributed by atoms with Crippen LogP contribution in [-0.2, 0) is 14.3 Å². The highest BCUT2D eigenvalue weighted by Crippen LogP contribution is 2.37. The van der Waals surface area contributed by atoms with E-state index in [0.29, 0.717) is 26.3 Å². The van der Waals surface area contributed by atoms with E-state index in [1.54, 1.807) is 19.1 Å². The van der Waals surface area contributed by atoms with E-state index in [2.05, 4.69) is 31.9 Å². The van der Waals surface area contributed by atoms with Crippen LogP contribution in [0.2, 0.25) is 0 Å². The molecule has 1 aliphatic heterocycles. The van der Waals surface area contributed by atoms with Crippen molar-refractivity contribution < 1.29 is 24.2 Å². The van der Waals surface area contributed by atoms with Gasteiger partial charge in [-0.15, -0.1) is 0 Å². The lowest BCUT2D eigenvalue weighted by atomic mass is 10.2. The summed E-state index contributed by atoms with van der Waals surface area (Å²) in [4.78, 5) is 36.5. The minimum absolute atomic E-state index is 0.0506. The van der Waals surface area contributed by atoms with E-state index in [4.69, 9.17) is 4.74 Å². The second-order valence-electron chi connectivity index (χ2n) is 4.40. The highest BCUT2D eigenvalue weighted by molar-refractivity contribution is 9.11. The number of amides is 2. The first-order valence-corrected chi connectivity index (χ1v) is 8.82. The fourth-order valence-corrected chi connectivity index (χ4v) is 3.90. The Bertz CT molecular complexity index is 719. The monoisotopic (exact) mass is 463 g/mol. The fourth-order valence-electron chi connectivity index (χ4n) is 1.81. The molecular formula is C14H11Br2NO5S. The number of hydrogen-bond acceptors (Lipinski definition) is 6. The molecule has 0 spiro atoms. The van der Waals surface area contributed by atoms with Gasteiger partial charge in [-0.05, 0) is 52.8 Å². The highest BCUT2D eigenvalue weighted by atomic mass is 79.9. The zero-order valence-corrected chi connectivity index (χ0v) is 15.8. The number of benzene rings is 1. The van der Waals surface area contributed by atoms with E-state index in [9.17, 15) is 19.5 Å². The van der Waals surface area contributed by atoms with Crippen LogP contribution in [0, 0.1) is 0 Å². The van der Waals surface area contributed by atoms with Crippen LogP contribution >= 0.6 is 43.6 Å². The van der Waals surface area contributed by atoms with Crippen molar-refractivity contribution in [3.8, 4) is 5.75 Å². The Labute approximate surface area is 153 Å². The van der Waals surface area contributed by atoms with E-state index >= 15 is 0 Å². The molecule has 1 aromatic rings. The molecule has 1 saturated heterocycles. The predicted molar refractivity (Wildman–Crippen MR) is 92.8 cm³/mol. The van der Waals surface area contributed by atoms with Gasteiger partial charge < -0.3 is 9.84 Å². The van der Waals surface area contributed by atoms with Crippen molar-refractivity contribution in [2.24, 2.45) is 0 Å². The van der Waals surface area contributed by atoms with Gasteiger partial charge in [0.05, 0.1) is 16.0 Å². The average molecular weight is 465 g/mol. The van der Waals surface area contributed by atoms with Gasteiger partial charge in [0.25, 0.3) is 11.1 Å². The molecule has 1 fully saturated rings. The molecule has 1 N–H and O–H groups in total. The molecule has 9 heteroatoms. The summed E-state index contributed by atoms with van der Waals surface area (Å²) in [7, 11) is 0. The van der Waals surface area contributed by atoms with E-state index in [-0.39, 0.29) is 17.3 Å². The Morgan fingerprint density at radius 1 is 1.39 bits per heavy atom. The molecule has 0 bridgehead atoms. The first-order valence-electron chi connectivity index (χ1n) is 6.42. The lowest BCUT2D eigenvalue weighted by molar-refractivity contribution is -0.145. The number of carbonyl (C=O) groups excluding carboxylic acids is 3. The summed E-state index contributed by atoms with van der Waals surface area (Å²) >= 11 is 7.19. The lowest BCUT2D eigenvalue weighted by Crippen LogP contribution is -2.34. The van der Waals surface area contributed by atoms with Crippen LogP contribution in [-0.4, -0.2) is 40.3 Å². The number of halogens is 2. The number of aromatic hydroxyl groups is 1. The van der Waals surface area contributed by atoms with Crippen molar-refractivity contribution in [1.82, 2.24) is 4.90 Å². The maximum atomic E-state index is 12.2. The second-order valence-corrected chi connectivity index (χ2v) is 7.16. The molecule has 0 aliphatic carbocycles. The van der Waals surface area contributed by atoms with Crippen LogP contribution in [0.4, 0.5) is 4.79 Å². The van der Waals surface area contributed by atoms with Crippen molar-refractivity contribution >= 4 is 66.8 Å². The SMILES string of the molecule is CCOC(=O)CN1C(=O)S/C(=C/c2cc(Br)cc(Br)c2O)C1=O. The normalized spacial score (nSPS) is 16.3. The maximum absolute atomic E-state index is 12.2. The molecule has 6 nitrogen and oxygen atoms in total. The minimum atomic E-state index is -0.649. The molecule has 1 aliphatic rings. The molecule has 0 aromatic heterocycles. The predicted octanol–water partition coefficient (Wildman–Crippen LogP) is 3.52. The number of rotatable bonds is 4. The summed E-state index contributed by atoms with van der Waals surface area (Å²) in [6, 6.07) is 3.26. The molecule has 2 amide bonds. The topological polar surface area (TPSA) is 83.9 Å². The van der Waals surface area contributed by atoms with Crippen molar-refractivity contribution in [2.75, 3.05) is 13.2 Å². The van der Waals surface area contributed by atoms with Crippen molar-refractivity contribution in [2.45, 2.75) is 6.92 Å². The quantitative estimate of drug-likeness (QED) is 0.542. The van der Waals surface area contributed by atoms with E-state index in [1.165, 1.54) is 6.08 Å². The fraction of sp³-hybridized carbons (Fsp3) is 0.214. The molecule has 122 valence electrons. The molecule has 0 unspecified atom stereocenters. The van der Waals surface area contributed by atoms with Gasteiger partial charge in [-0.3, -0.25) is 19.3 Å². The van der Waals surface area contributed by atoms with Crippen molar-refractivity contribution in [3.05, 3.63) is 31.5 Å². The second kappa shape index (κ2) is 7.50. The summed E-state index contributed by atoms with van der Waals surface area (Å²) in [5.41, 5.74) is 0.368. The minimum Gasteiger partial charge on any atom is -0.506 e. The highest BCUT2D eigenvalue weighted by Gasteiger charge is 2.36. The molecule has 0 radical (unpaired) electrons. The Balaban J connectivity index is 2.27. The first kappa shape index (κ1) is 18.0. The van der Waals surface area contributed by atoms with Crippen LogP contribution < -0.4 is 0 Å². The third-order valence-corrected chi connectivity index (χ3v) is 4.78. The number of esters is 1. The average Bonchev–Trinajstić information content (AvgIpc) is 2.72.